The second-order valence-corrected chi connectivity index (χ2v) is 6.76. The minimum atomic E-state index is -0.290. The molecule has 114 valence electrons. The number of aromatic nitrogens is 1. The highest BCUT2D eigenvalue weighted by molar-refractivity contribution is 6.34. The predicted octanol–water partition coefficient (Wildman–Crippen LogP) is 4.09. The molecule has 0 radical (unpaired) electrons. The fourth-order valence-electron chi connectivity index (χ4n) is 3.51. The van der Waals surface area contributed by atoms with Gasteiger partial charge in [-0.15, -0.1) is 0 Å². The molecule has 1 atom stereocenters. The van der Waals surface area contributed by atoms with E-state index in [1.165, 1.54) is 0 Å². The number of hydrogen-bond acceptors (Lipinski definition) is 3. The molecule has 1 fully saturated rings. The summed E-state index contributed by atoms with van der Waals surface area (Å²) in [6, 6.07) is 9.65. The number of halogens is 2. The van der Waals surface area contributed by atoms with Gasteiger partial charge in [-0.1, -0.05) is 29.3 Å². The van der Waals surface area contributed by atoms with Crippen LogP contribution in [0.15, 0.2) is 36.5 Å². The molecule has 0 bridgehead atoms. The predicted molar refractivity (Wildman–Crippen MR) is 87.4 cm³/mol. The first-order valence-electron chi connectivity index (χ1n) is 7.48. The number of hydrogen-bond donors (Lipinski definition) is 1. The van der Waals surface area contributed by atoms with Gasteiger partial charge in [-0.3, -0.25) is 4.98 Å². The van der Waals surface area contributed by atoms with Gasteiger partial charge in [0.25, 0.3) is 0 Å². The number of rotatable bonds is 1. The Bertz CT molecular complexity index is 693. The van der Waals surface area contributed by atoms with Crippen LogP contribution in [0, 0.1) is 0 Å². The number of benzene rings is 1. The summed E-state index contributed by atoms with van der Waals surface area (Å²) >= 11 is 12.3. The van der Waals surface area contributed by atoms with E-state index in [2.05, 4.69) is 16.4 Å². The maximum absolute atomic E-state index is 6.54. The van der Waals surface area contributed by atoms with E-state index in [1.807, 2.05) is 24.4 Å². The molecule has 3 nitrogen and oxygen atoms in total. The summed E-state index contributed by atoms with van der Waals surface area (Å²) in [5, 5.41) is 4.64. The Hall–Kier alpha value is -1.13. The zero-order valence-electron chi connectivity index (χ0n) is 12.0. The van der Waals surface area contributed by atoms with Gasteiger partial charge in [0.05, 0.1) is 5.69 Å². The summed E-state index contributed by atoms with van der Waals surface area (Å²) in [4.78, 5) is 4.64. The topological polar surface area (TPSA) is 34.1 Å². The highest BCUT2D eigenvalue weighted by atomic mass is 35.5. The third-order valence-corrected chi connectivity index (χ3v) is 4.93. The third-order valence-electron chi connectivity index (χ3n) is 4.50. The van der Waals surface area contributed by atoms with Gasteiger partial charge in [0.15, 0.2) is 0 Å². The van der Waals surface area contributed by atoms with Crippen molar-refractivity contribution in [2.45, 2.75) is 24.5 Å². The minimum Gasteiger partial charge on any atom is -0.356 e. The molecule has 1 saturated heterocycles. The molecule has 1 aromatic carbocycles. The molecule has 0 amide bonds. The standard InChI is InChI=1S/C17H16Cl2N2O/c18-12-8-11(9-13(19)10-12)15-14-2-1-5-21-16(14)17(22-15)3-6-20-7-4-17/h1-2,5,8-10,15,20H,3-4,6-7H2. The van der Waals surface area contributed by atoms with E-state index in [0.717, 1.165) is 42.8 Å². The smallest absolute Gasteiger partial charge is 0.114 e. The van der Waals surface area contributed by atoms with E-state index in [-0.39, 0.29) is 11.7 Å². The summed E-state index contributed by atoms with van der Waals surface area (Å²) < 4.78 is 6.54. The molecule has 1 spiro atoms. The van der Waals surface area contributed by atoms with Gasteiger partial charge >= 0.3 is 0 Å². The Morgan fingerprint density at radius 1 is 1.14 bits per heavy atom. The monoisotopic (exact) mass is 334 g/mol. The van der Waals surface area contributed by atoms with Crippen molar-refractivity contribution in [3.8, 4) is 0 Å². The number of pyridine rings is 1. The fourth-order valence-corrected chi connectivity index (χ4v) is 4.06. The lowest BCUT2D eigenvalue weighted by Crippen LogP contribution is -2.40. The van der Waals surface area contributed by atoms with E-state index in [0.29, 0.717) is 10.0 Å². The molecule has 0 saturated carbocycles. The highest BCUT2D eigenvalue weighted by Gasteiger charge is 2.47. The van der Waals surface area contributed by atoms with E-state index in [1.54, 1.807) is 6.07 Å². The SMILES string of the molecule is Clc1cc(Cl)cc(C2OC3(CCNCC3)c3ncccc32)c1. The van der Waals surface area contributed by atoms with Crippen molar-refractivity contribution in [2.75, 3.05) is 13.1 Å². The molecule has 0 aliphatic carbocycles. The molecule has 1 unspecified atom stereocenters. The molecule has 22 heavy (non-hydrogen) atoms. The third kappa shape index (κ3) is 2.33. The maximum atomic E-state index is 6.54. The van der Waals surface area contributed by atoms with Gasteiger partial charge in [-0.2, -0.15) is 0 Å². The molecular formula is C17H16Cl2N2O. The molecule has 3 heterocycles. The second kappa shape index (κ2) is 5.50. The van der Waals surface area contributed by atoms with E-state index in [9.17, 15) is 0 Å². The van der Waals surface area contributed by atoms with Crippen molar-refractivity contribution in [3.05, 3.63) is 63.4 Å². The summed E-state index contributed by atoms with van der Waals surface area (Å²) in [6.07, 6.45) is 3.56. The van der Waals surface area contributed by atoms with Gasteiger partial charge in [0.2, 0.25) is 0 Å². The van der Waals surface area contributed by atoms with Crippen molar-refractivity contribution < 1.29 is 4.74 Å². The van der Waals surface area contributed by atoms with Gasteiger partial charge < -0.3 is 10.1 Å². The van der Waals surface area contributed by atoms with E-state index in [4.69, 9.17) is 27.9 Å². The Kier molecular flexibility index (Phi) is 3.61. The summed E-state index contributed by atoms with van der Waals surface area (Å²) in [7, 11) is 0. The largest absolute Gasteiger partial charge is 0.356 e. The van der Waals surface area contributed by atoms with Crippen molar-refractivity contribution in [1.29, 1.82) is 0 Å². The van der Waals surface area contributed by atoms with E-state index < -0.39 is 0 Å². The maximum Gasteiger partial charge on any atom is 0.114 e. The van der Waals surface area contributed by atoms with Crippen molar-refractivity contribution in [3.63, 3.8) is 0 Å². The first kappa shape index (κ1) is 14.5. The van der Waals surface area contributed by atoms with Crippen LogP contribution in [0.3, 0.4) is 0 Å². The van der Waals surface area contributed by atoms with Crippen LogP contribution < -0.4 is 5.32 Å². The second-order valence-electron chi connectivity index (χ2n) is 5.89. The van der Waals surface area contributed by atoms with Crippen LogP contribution >= 0.6 is 23.2 Å². The Labute approximate surface area is 139 Å². The number of nitrogens with one attached hydrogen (secondary N) is 1. The zero-order chi connectivity index (χ0) is 15.2. The summed E-state index contributed by atoms with van der Waals surface area (Å²) in [6.45, 7) is 1.89. The molecule has 5 heteroatoms. The van der Waals surface area contributed by atoms with Crippen molar-refractivity contribution in [2.24, 2.45) is 0 Å². The zero-order valence-corrected chi connectivity index (χ0v) is 13.5. The van der Waals surface area contributed by atoms with Crippen LogP contribution in [0.4, 0.5) is 0 Å². The average molecular weight is 335 g/mol. The summed E-state index contributed by atoms with van der Waals surface area (Å²) in [5.41, 5.74) is 2.89. The molecular weight excluding hydrogens is 319 g/mol. The quantitative estimate of drug-likeness (QED) is 0.852. The fraction of sp³-hybridized carbons (Fsp3) is 0.353. The molecule has 2 aliphatic heterocycles. The van der Waals surface area contributed by atoms with Gasteiger partial charge in [-0.25, -0.2) is 0 Å². The molecule has 2 aliphatic rings. The Balaban J connectivity index is 1.82. The summed E-state index contributed by atoms with van der Waals surface area (Å²) in [5.74, 6) is 0. The number of fused-ring (bicyclic) bond motifs is 2. The first-order valence-corrected chi connectivity index (χ1v) is 8.23. The molecule has 4 rings (SSSR count). The van der Waals surface area contributed by atoms with Crippen LogP contribution in [0.25, 0.3) is 0 Å². The molecule has 1 N–H and O–H groups in total. The van der Waals surface area contributed by atoms with Crippen molar-refractivity contribution in [1.82, 2.24) is 10.3 Å². The minimum absolute atomic E-state index is 0.155. The first-order chi connectivity index (χ1) is 10.7. The lowest BCUT2D eigenvalue weighted by Gasteiger charge is -2.34. The molecule has 2 aromatic rings. The van der Waals surface area contributed by atoms with Gasteiger partial charge in [-0.05, 0) is 55.8 Å². The highest BCUT2D eigenvalue weighted by Crippen LogP contribution is 2.50. The van der Waals surface area contributed by atoms with Crippen molar-refractivity contribution >= 4 is 23.2 Å². The van der Waals surface area contributed by atoms with Crippen LogP contribution in [-0.4, -0.2) is 18.1 Å². The average Bonchev–Trinajstić information content (AvgIpc) is 2.82. The molecule has 1 aromatic heterocycles. The lowest BCUT2D eigenvalue weighted by atomic mass is 9.87. The number of nitrogens with zero attached hydrogens (tertiary/aromatic N) is 1. The van der Waals surface area contributed by atoms with Gasteiger partial charge in [0, 0.05) is 21.8 Å². The normalized spacial score (nSPS) is 22.7. The van der Waals surface area contributed by atoms with Crippen LogP contribution in [-0.2, 0) is 10.3 Å². The lowest BCUT2D eigenvalue weighted by molar-refractivity contribution is -0.0817. The van der Waals surface area contributed by atoms with Crippen LogP contribution in [0.5, 0.6) is 0 Å². The van der Waals surface area contributed by atoms with Gasteiger partial charge in [0.1, 0.15) is 11.7 Å². The van der Waals surface area contributed by atoms with Crippen LogP contribution in [0.1, 0.15) is 35.8 Å². The Morgan fingerprint density at radius 2 is 1.86 bits per heavy atom. The number of piperidine rings is 1. The Morgan fingerprint density at radius 3 is 2.59 bits per heavy atom. The number of ether oxygens (including phenoxy) is 1. The van der Waals surface area contributed by atoms with Crippen LogP contribution in [0.2, 0.25) is 10.0 Å². The van der Waals surface area contributed by atoms with E-state index >= 15 is 0 Å².